The second kappa shape index (κ2) is 6.60. The van der Waals surface area contributed by atoms with Gasteiger partial charge in [-0.2, -0.15) is 0 Å². The molecule has 128 valence electrons. The van der Waals surface area contributed by atoms with Crippen LogP contribution in [-0.2, 0) is 33.8 Å². The number of Topliss-reactive ketones (excluding diaryl/α,β-unsaturated/α-hetero) is 2. The molecular formula is C20H25NO3. The molecular weight excluding hydrogens is 302 g/mol. The van der Waals surface area contributed by atoms with E-state index >= 15 is 0 Å². The summed E-state index contributed by atoms with van der Waals surface area (Å²) in [5, 5.41) is 0. The summed E-state index contributed by atoms with van der Waals surface area (Å²) in [6.07, 6.45) is 3.54. The molecule has 2 aliphatic rings. The van der Waals surface area contributed by atoms with Crippen LogP contribution in [0.4, 0.5) is 0 Å². The molecule has 0 spiro atoms. The molecule has 0 radical (unpaired) electrons. The highest BCUT2D eigenvalue weighted by molar-refractivity contribution is 6.16. The highest BCUT2D eigenvalue weighted by Crippen LogP contribution is 2.48. The summed E-state index contributed by atoms with van der Waals surface area (Å²) in [6, 6.07) is 4.08. The molecule has 2 saturated carbocycles. The van der Waals surface area contributed by atoms with Crippen LogP contribution in [0.3, 0.4) is 0 Å². The van der Waals surface area contributed by atoms with Crippen LogP contribution in [0, 0.1) is 17.8 Å². The number of hydrogen-bond acceptors (Lipinski definition) is 4. The van der Waals surface area contributed by atoms with Gasteiger partial charge >= 0.3 is 0 Å². The van der Waals surface area contributed by atoms with Gasteiger partial charge < -0.3 is 10.5 Å². The average molecular weight is 327 g/mol. The third-order valence-corrected chi connectivity index (χ3v) is 5.79. The highest BCUT2D eigenvalue weighted by atomic mass is 16.2. The van der Waals surface area contributed by atoms with E-state index in [0.29, 0.717) is 19.4 Å². The predicted octanol–water partition coefficient (Wildman–Crippen LogP) is 2.35. The van der Waals surface area contributed by atoms with Crippen molar-refractivity contribution in [1.29, 1.82) is 0 Å². The summed E-state index contributed by atoms with van der Waals surface area (Å²) >= 11 is 0. The molecule has 4 heteroatoms. The number of benzene rings is 1. The van der Waals surface area contributed by atoms with Crippen molar-refractivity contribution in [3.8, 4) is 0 Å². The first-order valence-electron chi connectivity index (χ1n) is 8.92. The molecule has 0 bridgehead atoms. The summed E-state index contributed by atoms with van der Waals surface area (Å²) in [4.78, 5) is 37.0. The van der Waals surface area contributed by atoms with Gasteiger partial charge in [0.25, 0.3) is 0 Å². The Morgan fingerprint density at radius 1 is 1.04 bits per heavy atom. The van der Waals surface area contributed by atoms with Crippen LogP contribution in [0.25, 0.3) is 0 Å². The number of carbonyl (C=O) groups is 3. The van der Waals surface area contributed by atoms with Crippen molar-refractivity contribution in [2.45, 2.75) is 52.0 Å². The Morgan fingerprint density at radius 2 is 1.54 bits per heavy atom. The lowest BCUT2D eigenvalue weighted by Gasteiger charge is -2.20. The van der Waals surface area contributed by atoms with Crippen LogP contribution in [0.15, 0.2) is 12.1 Å². The minimum absolute atomic E-state index is 0.0271. The average Bonchev–Trinajstić information content (AvgIpc) is 3.13. The fourth-order valence-electron chi connectivity index (χ4n) is 4.59. The van der Waals surface area contributed by atoms with E-state index in [0.717, 1.165) is 41.4 Å². The molecule has 2 atom stereocenters. The van der Waals surface area contributed by atoms with Crippen LogP contribution in [0.1, 0.15) is 54.9 Å². The Morgan fingerprint density at radius 3 is 1.92 bits per heavy atom. The molecule has 2 fully saturated rings. The van der Waals surface area contributed by atoms with Gasteiger partial charge in [0.2, 0.25) is 0 Å². The van der Waals surface area contributed by atoms with Crippen LogP contribution < -0.4 is 5.73 Å². The summed E-state index contributed by atoms with van der Waals surface area (Å²) in [5.74, 6) is -1.24. The van der Waals surface area contributed by atoms with Crippen molar-refractivity contribution in [3.05, 3.63) is 34.4 Å². The minimum Gasteiger partial charge on any atom is -0.326 e. The van der Waals surface area contributed by atoms with Gasteiger partial charge in [0.05, 0.1) is 0 Å². The van der Waals surface area contributed by atoms with Crippen molar-refractivity contribution < 1.29 is 14.4 Å². The second-order valence-electron chi connectivity index (χ2n) is 7.06. The molecule has 0 aliphatic heterocycles. The first-order valence-corrected chi connectivity index (χ1v) is 8.92. The van der Waals surface area contributed by atoms with Gasteiger partial charge in [0.15, 0.2) is 11.6 Å². The van der Waals surface area contributed by atoms with Crippen LogP contribution >= 0.6 is 0 Å². The van der Waals surface area contributed by atoms with Crippen LogP contribution in [0.5, 0.6) is 0 Å². The quantitative estimate of drug-likeness (QED) is 0.665. The number of carbonyl (C=O) groups excluding carboxylic acids is 3. The molecule has 0 heterocycles. The van der Waals surface area contributed by atoms with E-state index in [1.54, 1.807) is 0 Å². The lowest BCUT2D eigenvalue weighted by atomic mass is 9.82. The minimum atomic E-state index is -0.635. The topological polar surface area (TPSA) is 77.2 Å². The number of aldehydes is 1. The lowest BCUT2D eigenvalue weighted by molar-refractivity contribution is -0.125. The fraction of sp³-hybridized carbons (Fsp3) is 0.550. The molecule has 0 aromatic heterocycles. The molecule has 0 saturated heterocycles. The lowest BCUT2D eigenvalue weighted by Crippen LogP contribution is -2.21. The van der Waals surface area contributed by atoms with E-state index in [9.17, 15) is 14.4 Å². The molecule has 3 rings (SSSR count). The monoisotopic (exact) mass is 327 g/mol. The smallest absolute Gasteiger partial charge is 0.151 e. The van der Waals surface area contributed by atoms with Gasteiger partial charge in [0.1, 0.15) is 12.2 Å². The van der Waals surface area contributed by atoms with E-state index in [1.165, 1.54) is 0 Å². The van der Waals surface area contributed by atoms with E-state index in [-0.39, 0.29) is 29.3 Å². The zero-order valence-electron chi connectivity index (χ0n) is 14.4. The molecule has 24 heavy (non-hydrogen) atoms. The number of fused-ring (bicyclic) bond motifs is 1. The maximum atomic E-state index is 13.0. The van der Waals surface area contributed by atoms with Crippen molar-refractivity contribution in [1.82, 2.24) is 0 Å². The molecule has 4 nitrogen and oxygen atoms in total. The summed E-state index contributed by atoms with van der Waals surface area (Å²) in [7, 11) is 0. The third kappa shape index (κ3) is 2.53. The van der Waals surface area contributed by atoms with Gasteiger partial charge in [-0.05, 0) is 47.9 Å². The Bertz CT molecular complexity index is 645. The first kappa shape index (κ1) is 17.0. The Kier molecular flexibility index (Phi) is 4.68. The van der Waals surface area contributed by atoms with Crippen LogP contribution in [0.2, 0.25) is 0 Å². The maximum absolute atomic E-state index is 13.0. The summed E-state index contributed by atoms with van der Waals surface area (Å²) in [6.45, 7) is 4.55. The molecule has 1 aromatic rings. The number of rotatable bonds is 5. The van der Waals surface area contributed by atoms with E-state index in [2.05, 4.69) is 0 Å². The Balaban J connectivity index is 2.05. The highest BCUT2D eigenvalue weighted by Gasteiger charge is 2.54. The van der Waals surface area contributed by atoms with Gasteiger partial charge in [-0.1, -0.05) is 26.0 Å². The summed E-state index contributed by atoms with van der Waals surface area (Å²) < 4.78 is 0. The molecule has 2 N–H and O–H groups in total. The van der Waals surface area contributed by atoms with Crippen LogP contribution in [-0.4, -0.2) is 17.9 Å². The van der Waals surface area contributed by atoms with E-state index in [1.807, 2.05) is 26.0 Å². The largest absolute Gasteiger partial charge is 0.326 e. The Hall–Kier alpha value is -1.81. The standard InChI is InChI=1S/C20H25NO3/c1-3-13-5-11(9-21)6-14(4-2)17(13)18-19(23)15-7-12(10-22)8-16(15)20(18)24/h5-6,10,12,15-16,18H,3-4,7-9,21H2,1-2H3. The zero-order chi connectivity index (χ0) is 17.4. The number of nitrogens with two attached hydrogens (primary N) is 1. The molecule has 1 aromatic carbocycles. The number of ketones is 2. The van der Waals surface area contributed by atoms with Crippen molar-refractivity contribution >= 4 is 17.9 Å². The van der Waals surface area contributed by atoms with Crippen molar-refractivity contribution in [2.75, 3.05) is 0 Å². The first-order chi connectivity index (χ1) is 11.5. The second-order valence-corrected chi connectivity index (χ2v) is 7.06. The van der Waals surface area contributed by atoms with Gasteiger partial charge in [-0.25, -0.2) is 0 Å². The molecule has 0 amide bonds. The van der Waals surface area contributed by atoms with Crippen molar-refractivity contribution in [2.24, 2.45) is 23.5 Å². The number of aryl methyl sites for hydroxylation is 2. The fourth-order valence-corrected chi connectivity index (χ4v) is 4.59. The SMILES string of the molecule is CCc1cc(CN)cc(CC)c1C1C(=O)C2CC(C=O)CC2C1=O. The maximum Gasteiger partial charge on any atom is 0.151 e. The summed E-state index contributed by atoms with van der Waals surface area (Å²) in [5.41, 5.74) is 9.89. The van der Waals surface area contributed by atoms with Crippen molar-refractivity contribution in [3.63, 3.8) is 0 Å². The Labute approximate surface area is 142 Å². The molecule has 2 unspecified atom stereocenters. The molecule has 2 aliphatic carbocycles. The van der Waals surface area contributed by atoms with E-state index in [4.69, 9.17) is 5.73 Å². The third-order valence-electron chi connectivity index (χ3n) is 5.79. The normalized spacial score (nSPS) is 29.1. The number of hydrogen-bond donors (Lipinski definition) is 1. The van der Waals surface area contributed by atoms with Gasteiger partial charge in [-0.3, -0.25) is 9.59 Å². The van der Waals surface area contributed by atoms with Gasteiger partial charge in [0, 0.05) is 24.3 Å². The predicted molar refractivity (Wildman–Crippen MR) is 91.6 cm³/mol. The van der Waals surface area contributed by atoms with Gasteiger partial charge in [-0.15, -0.1) is 0 Å². The zero-order valence-corrected chi connectivity index (χ0v) is 14.4. The van der Waals surface area contributed by atoms with E-state index < -0.39 is 5.92 Å².